The second kappa shape index (κ2) is 4.75. The zero-order valence-electron chi connectivity index (χ0n) is 11.9. The Morgan fingerprint density at radius 2 is 1.60 bits per heavy atom. The number of hydrogen-bond donors (Lipinski definition) is 1. The summed E-state index contributed by atoms with van der Waals surface area (Å²) in [4.78, 5) is 10.5. The van der Waals surface area contributed by atoms with Crippen molar-refractivity contribution in [2.75, 3.05) is 5.12 Å². The Labute approximate surface area is 117 Å². The van der Waals surface area contributed by atoms with Crippen molar-refractivity contribution in [3.05, 3.63) is 24.3 Å². The molecule has 0 spiro atoms. The van der Waals surface area contributed by atoms with Crippen LogP contribution in [0.5, 0.6) is 0 Å². The predicted molar refractivity (Wildman–Crippen MR) is 73.8 cm³/mol. The summed E-state index contributed by atoms with van der Waals surface area (Å²) in [5.74, 6) is 0. The third-order valence-electron chi connectivity index (χ3n) is 3.81. The molecule has 0 radical (unpaired) electrons. The summed E-state index contributed by atoms with van der Waals surface area (Å²) in [6.45, 7) is 7.76. The number of benzene rings is 1. The first-order valence-corrected chi connectivity index (χ1v) is 6.28. The number of anilines is 1. The van der Waals surface area contributed by atoms with Gasteiger partial charge in [0, 0.05) is 0 Å². The molecule has 5 nitrogen and oxygen atoms in total. The lowest BCUT2D eigenvalue weighted by Gasteiger charge is -2.32. The van der Waals surface area contributed by atoms with Gasteiger partial charge < -0.3 is 14.4 Å². The van der Waals surface area contributed by atoms with Gasteiger partial charge in [0.2, 0.25) is 0 Å². The number of carboxylic acid groups (broad SMARTS) is 1. The molecule has 1 aliphatic heterocycles. The molecule has 1 saturated heterocycles. The van der Waals surface area contributed by atoms with Crippen LogP contribution >= 0.6 is 0 Å². The van der Waals surface area contributed by atoms with E-state index >= 15 is 0 Å². The summed E-state index contributed by atoms with van der Waals surface area (Å²) in [5, 5.41) is 8.22. The summed E-state index contributed by atoms with van der Waals surface area (Å²) < 4.78 is 24.9. The van der Waals surface area contributed by atoms with Gasteiger partial charge in [-0.05, 0) is 45.3 Å². The minimum absolute atomic E-state index is 0.0576. The predicted octanol–water partition coefficient (Wildman–Crippen LogP) is 2.35. The van der Waals surface area contributed by atoms with Crippen LogP contribution in [0.25, 0.3) is 0 Å². The van der Waals surface area contributed by atoms with E-state index in [0.29, 0.717) is 5.46 Å². The molecule has 1 amide bonds. The highest BCUT2D eigenvalue weighted by Gasteiger charge is 2.51. The quantitative estimate of drug-likeness (QED) is 0.667. The fourth-order valence-corrected chi connectivity index (χ4v) is 1.85. The molecule has 0 saturated carbocycles. The van der Waals surface area contributed by atoms with Crippen LogP contribution in [0, 0.1) is 0 Å². The van der Waals surface area contributed by atoms with E-state index in [1.54, 1.807) is 12.1 Å². The highest BCUT2D eigenvalue weighted by Crippen LogP contribution is 2.36. The Balaban J connectivity index is 2.18. The molecule has 1 fully saturated rings. The fraction of sp³-hybridized carbons (Fsp3) is 0.462. The van der Waals surface area contributed by atoms with Crippen LogP contribution < -0.4 is 10.6 Å². The first-order valence-electron chi connectivity index (χ1n) is 6.28. The van der Waals surface area contributed by atoms with Gasteiger partial charge in [-0.3, -0.25) is 0 Å². The summed E-state index contributed by atoms with van der Waals surface area (Å²) in [7, 11) is -0.549. The number of amides is 1. The SMILES string of the molecule is CC1(C)OB(c2ccc(N(F)C(=O)O)cc2)OC1(C)C. The highest BCUT2D eigenvalue weighted by atomic mass is 19.2. The maximum Gasteiger partial charge on any atom is 0.494 e. The van der Waals surface area contributed by atoms with Crippen LogP contribution in [0.4, 0.5) is 15.0 Å². The Bertz CT molecular complexity index is 502. The second-order valence-electron chi connectivity index (χ2n) is 5.74. The molecule has 1 aromatic rings. The van der Waals surface area contributed by atoms with Gasteiger partial charge in [0.1, 0.15) is 0 Å². The molecule has 1 aliphatic rings. The third-order valence-corrected chi connectivity index (χ3v) is 3.81. The van der Waals surface area contributed by atoms with Crippen LogP contribution in [0.15, 0.2) is 24.3 Å². The van der Waals surface area contributed by atoms with Gasteiger partial charge in [-0.15, -0.1) is 5.12 Å². The van der Waals surface area contributed by atoms with Gasteiger partial charge in [-0.25, -0.2) is 4.79 Å². The number of carbonyl (C=O) groups is 1. The largest absolute Gasteiger partial charge is 0.494 e. The van der Waals surface area contributed by atoms with Crippen molar-refractivity contribution in [2.45, 2.75) is 38.9 Å². The van der Waals surface area contributed by atoms with Crippen molar-refractivity contribution in [1.82, 2.24) is 0 Å². The molecular weight excluding hydrogens is 264 g/mol. The maximum atomic E-state index is 13.2. The van der Waals surface area contributed by atoms with Gasteiger partial charge >= 0.3 is 13.2 Å². The Morgan fingerprint density at radius 1 is 1.15 bits per heavy atom. The van der Waals surface area contributed by atoms with E-state index in [1.807, 2.05) is 27.7 Å². The van der Waals surface area contributed by atoms with Crippen molar-refractivity contribution in [3.8, 4) is 0 Å². The lowest BCUT2D eigenvalue weighted by Crippen LogP contribution is -2.41. The maximum absolute atomic E-state index is 13.2. The smallest absolute Gasteiger partial charge is 0.463 e. The molecule has 1 heterocycles. The first kappa shape index (κ1) is 14.8. The molecule has 20 heavy (non-hydrogen) atoms. The lowest BCUT2D eigenvalue weighted by molar-refractivity contribution is 0.00578. The molecule has 0 aliphatic carbocycles. The molecule has 0 atom stereocenters. The average molecular weight is 281 g/mol. The molecular formula is C13H17BFNO4. The normalized spacial score (nSPS) is 19.9. The number of rotatable bonds is 2. The zero-order valence-corrected chi connectivity index (χ0v) is 11.9. The van der Waals surface area contributed by atoms with Gasteiger partial charge in [-0.1, -0.05) is 16.6 Å². The van der Waals surface area contributed by atoms with Crippen molar-refractivity contribution < 1.29 is 23.7 Å². The topological polar surface area (TPSA) is 59.0 Å². The van der Waals surface area contributed by atoms with Crippen LogP contribution in [0.1, 0.15) is 27.7 Å². The monoisotopic (exact) mass is 281 g/mol. The number of nitrogens with zero attached hydrogens (tertiary/aromatic N) is 1. The highest BCUT2D eigenvalue weighted by molar-refractivity contribution is 6.62. The molecule has 0 bridgehead atoms. The standard InChI is InChI=1S/C13H17BFNO4/c1-12(2)13(3,4)20-14(19-12)9-5-7-10(8-6-9)16(15)11(17)18/h5-8H,1-4H3,(H,17,18). The molecule has 1 aromatic carbocycles. The van der Waals surface area contributed by atoms with Crippen molar-refractivity contribution in [1.29, 1.82) is 0 Å². The lowest BCUT2D eigenvalue weighted by atomic mass is 9.79. The van der Waals surface area contributed by atoms with Gasteiger partial charge in [0.05, 0.1) is 16.9 Å². The van der Waals surface area contributed by atoms with E-state index < -0.39 is 24.4 Å². The fourth-order valence-electron chi connectivity index (χ4n) is 1.85. The summed E-state index contributed by atoms with van der Waals surface area (Å²) in [6.07, 6.45) is -1.66. The molecule has 2 rings (SSSR count). The van der Waals surface area contributed by atoms with Crippen LogP contribution in [0.3, 0.4) is 0 Å². The Kier molecular flexibility index (Phi) is 3.52. The minimum Gasteiger partial charge on any atom is -0.463 e. The molecule has 1 N–H and O–H groups in total. The van der Waals surface area contributed by atoms with Crippen molar-refractivity contribution in [3.63, 3.8) is 0 Å². The van der Waals surface area contributed by atoms with Gasteiger partial charge in [0.25, 0.3) is 0 Å². The van der Waals surface area contributed by atoms with E-state index in [-0.39, 0.29) is 10.8 Å². The molecule has 108 valence electrons. The first-order chi connectivity index (χ1) is 9.14. The van der Waals surface area contributed by atoms with Crippen molar-refractivity contribution in [2.24, 2.45) is 0 Å². The second-order valence-corrected chi connectivity index (χ2v) is 5.74. The third kappa shape index (κ3) is 2.51. The van der Waals surface area contributed by atoms with Gasteiger partial charge in [-0.2, -0.15) is 0 Å². The van der Waals surface area contributed by atoms with Crippen LogP contribution in [0.2, 0.25) is 0 Å². The minimum atomic E-state index is -1.66. The van der Waals surface area contributed by atoms with Crippen LogP contribution in [-0.4, -0.2) is 29.5 Å². The van der Waals surface area contributed by atoms with Crippen molar-refractivity contribution >= 4 is 24.4 Å². The number of hydrogen-bond acceptors (Lipinski definition) is 3. The number of halogens is 1. The average Bonchev–Trinajstić information content (AvgIpc) is 2.57. The summed E-state index contributed by atoms with van der Waals surface area (Å²) >= 11 is 0. The summed E-state index contributed by atoms with van der Waals surface area (Å²) in [6, 6.07) is 5.92. The molecule has 7 heteroatoms. The molecule has 0 unspecified atom stereocenters. The Hall–Kier alpha value is -1.60. The van der Waals surface area contributed by atoms with E-state index in [2.05, 4.69) is 0 Å². The molecule has 0 aromatic heterocycles. The van der Waals surface area contributed by atoms with Crippen LogP contribution in [-0.2, 0) is 9.31 Å². The van der Waals surface area contributed by atoms with E-state index in [0.717, 1.165) is 0 Å². The van der Waals surface area contributed by atoms with E-state index in [9.17, 15) is 9.28 Å². The zero-order chi connectivity index (χ0) is 15.1. The Morgan fingerprint density at radius 3 is 2.00 bits per heavy atom. The van der Waals surface area contributed by atoms with E-state index in [4.69, 9.17) is 14.4 Å². The summed E-state index contributed by atoms with van der Waals surface area (Å²) in [5.41, 5.74) is -0.253. The van der Waals surface area contributed by atoms with E-state index in [1.165, 1.54) is 12.1 Å². The van der Waals surface area contributed by atoms with Gasteiger partial charge in [0.15, 0.2) is 0 Å².